The van der Waals surface area contributed by atoms with Gasteiger partial charge >= 0.3 is 6.09 Å². The van der Waals surface area contributed by atoms with Crippen molar-refractivity contribution >= 4 is 46.1 Å². The summed E-state index contributed by atoms with van der Waals surface area (Å²) in [5.74, 6) is -2.46. The lowest BCUT2D eigenvalue weighted by Gasteiger charge is -2.14. The van der Waals surface area contributed by atoms with Crippen LogP contribution in [0.25, 0.3) is 0 Å². The van der Waals surface area contributed by atoms with E-state index in [1.165, 1.54) is 12.1 Å². The second-order valence-electron chi connectivity index (χ2n) is 6.45. The monoisotopic (exact) mass is 429 g/mol. The Bertz CT molecular complexity index is 1040. The van der Waals surface area contributed by atoms with Crippen molar-refractivity contribution in [1.29, 1.82) is 0 Å². The van der Waals surface area contributed by atoms with E-state index in [4.69, 9.17) is 4.74 Å². The van der Waals surface area contributed by atoms with Gasteiger partial charge in [-0.3, -0.25) is 29.4 Å². The van der Waals surface area contributed by atoms with Gasteiger partial charge in [-0.15, -0.1) is 11.3 Å². The number of carbonyl (C=O) groups excluding carboxylic acids is 5. The third-order valence-electron chi connectivity index (χ3n) is 4.54. The van der Waals surface area contributed by atoms with E-state index in [1.807, 2.05) is 0 Å². The minimum Gasteiger partial charge on any atom is -0.450 e. The molecule has 2 heterocycles. The van der Waals surface area contributed by atoms with Crippen molar-refractivity contribution < 1.29 is 28.7 Å². The number of nitrogens with one attached hydrogen (secondary N) is 2. The van der Waals surface area contributed by atoms with Crippen LogP contribution >= 0.6 is 11.3 Å². The van der Waals surface area contributed by atoms with E-state index in [0.29, 0.717) is 5.56 Å². The number of anilines is 1. The van der Waals surface area contributed by atoms with Crippen LogP contribution in [0, 0.1) is 13.8 Å². The van der Waals surface area contributed by atoms with Crippen LogP contribution in [0.1, 0.15) is 48.4 Å². The summed E-state index contributed by atoms with van der Waals surface area (Å²) >= 11 is 1.15. The van der Waals surface area contributed by atoms with E-state index in [9.17, 15) is 24.0 Å². The van der Waals surface area contributed by atoms with Gasteiger partial charge in [-0.05, 0) is 38.5 Å². The first-order valence-electron chi connectivity index (χ1n) is 9.07. The number of hydrogen-bond donors (Lipinski definition) is 2. The summed E-state index contributed by atoms with van der Waals surface area (Å²) in [4.78, 5) is 63.1. The number of rotatable bonds is 5. The minimum absolute atomic E-state index is 0.102. The van der Waals surface area contributed by atoms with Gasteiger partial charge in [-0.1, -0.05) is 12.1 Å². The summed E-state index contributed by atoms with van der Waals surface area (Å²) in [6.45, 7) is 4.66. The summed E-state index contributed by atoms with van der Waals surface area (Å²) < 4.78 is 4.71. The molecule has 3 rings (SSSR count). The molecule has 0 radical (unpaired) electrons. The van der Waals surface area contributed by atoms with Crippen LogP contribution in [0.2, 0.25) is 0 Å². The lowest BCUT2D eigenvalue weighted by molar-refractivity contribution is -0.116. The molecule has 2 N–H and O–H groups in total. The molecule has 9 nitrogen and oxygen atoms in total. The first-order valence-corrected chi connectivity index (χ1v) is 9.89. The summed E-state index contributed by atoms with van der Waals surface area (Å²) in [5, 5.41) is 4.89. The Morgan fingerprint density at radius 1 is 1.07 bits per heavy atom. The van der Waals surface area contributed by atoms with Gasteiger partial charge in [0.2, 0.25) is 5.91 Å². The molecule has 0 fully saturated rings. The zero-order valence-corrected chi connectivity index (χ0v) is 17.3. The van der Waals surface area contributed by atoms with Gasteiger partial charge in [-0.2, -0.15) is 0 Å². The molecule has 1 aromatic heterocycles. The summed E-state index contributed by atoms with van der Waals surface area (Å²) in [7, 11) is 0. The molecule has 1 aliphatic rings. The molecule has 0 aliphatic carbocycles. The number of benzene rings is 1. The standard InChI is InChI=1S/C20H19N3O6S/c1-4-29-20(28)22-16(25)15-10(2)11(3)30-17(15)21-14(24)9-23-18(26)12-7-5-6-8-13(12)19(23)27/h5-8H,4,9H2,1-3H3,(H,21,24)(H,22,25,28). The molecular weight excluding hydrogens is 410 g/mol. The Kier molecular flexibility index (Phi) is 5.97. The fourth-order valence-electron chi connectivity index (χ4n) is 3.00. The SMILES string of the molecule is CCOC(=O)NC(=O)c1c(NC(=O)CN2C(=O)c3ccccc3C2=O)sc(C)c1C. The van der Waals surface area contributed by atoms with Crippen LogP contribution in [0.4, 0.5) is 9.80 Å². The van der Waals surface area contributed by atoms with Crippen molar-refractivity contribution in [2.45, 2.75) is 20.8 Å². The topological polar surface area (TPSA) is 122 Å². The van der Waals surface area contributed by atoms with Gasteiger partial charge in [0.25, 0.3) is 17.7 Å². The number of thiophene rings is 1. The van der Waals surface area contributed by atoms with E-state index in [0.717, 1.165) is 21.1 Å². The quantitative estimate of drug-likeness (QED) is 0.704. The van der Waals surface area contributed by atoms with E-state index < -0.39 is 36.3 Å². The first-order chi connectivity index (χ1) is 14.2. The number of ether oxygens (including phenoxy) is 1. The Morgan fingerprint density at radius 2 is 1.67 bits per heavy atom. The molecule has 0 atom stereocenters. The Morgan fingerprint density at radius 3 is 2.23 bits per heavy atom. The summed E-state index contributed by atoms with van der Waals surface area (Å²) in [5.41, 5.74) is 1.21. The number of carbonyl (C=O) groups is 5. The Labute approximate surface area is 176 Å². The molecule has 156 valence electrons. The van der Waals surface area contributed by atoms with E-state index >= 15 is 0 Å². The predicted molar refractivity (Wildman–Crippen MR) is 109 cm³/mol. The van der Waals surface area contributed by atoms with Crippen LogP contribution in [0.15, 0.2) is 24.3 Å². The van der Waals surface area contributed by atoms with Gasteiger partial charge in [0.15, 0.2) is 0 Å². The molecule has 1 aliphatic heterocycles. The molecule has 1 aromatic carbocycles. The third kappa shape index (κ3) is 3.94. The van der Waals surface area contributed by atoms with Crippen LogP contribution in [-0.4, -0.2) is 47.8 Å². The number of alkyl carbamates (subject to hydrolysis) is 1. The maximum absolute atomic E-state index is 12.6. The predicted octanol–water partition coefficient (Wildman–Crippen LogP) is 2.49. The molecule has 2 aromatic rings. The smallest absolute Gasteiger partial charge is 0.414 e. The van der Waals surface area contributed by atoms with Crippen LogP contribution in [0.5, 0.6) is 0 Å². The van der Waals surface area contributed by atoms with E-state index in [-0.39, 0.29) is 28.3 Å². The second-order valence-corrected chi connectivity index (χ2v) is 7.68. The fourth-order valence-corrected chi connectivity index (χ4v) is 4.08. The normalized spacial score (nSPS) is 12.6. The van der Waals surface area contributed by atoms with Gasteiger partial charge in [-0.25, -0.2) is 4.79 Å². The molecule has 30 heavy (non-hydrogen) atoms. The van der Waals surface area contributed by atoms with Crippen molar-refractivity contribution in [3.63, 3.8) is 0 Å². The van der Waals surface area contributed by atoms with Crippen molar-refractivity contribution in [2.24, 2.45) is 0 Å². The highest BCUT2D eigenvalue weighted by Crippen LogP contribution is 2.32. The average molecular weight is 429 g/mol. The van der Waals surface area contributed by atoms with Crippen LogP contribution in [0.3, 0.4) is 0 Å². The van der Waals surface area contributed by atoms with Gasteiger partial charge in [0.05, 0.1) is 23.3 Å². The lowest BCUT2D eigenvalue weighted by Crippen LogP contribution is -2.37. The van der Waals surface area contributed by atoms with Gasteiger partial charge < -0.3 is 10.1 Å². The largest absolute Gasteiger partial charge is 0.450 e. The minimum atomic E-state index is -0.894. The van der Waals surface area contributed by atoms with Gasteiger partial charge in [0.1, 0.15) is 11.5 Å². The number of imide groups is 2. The highest BCUT2D eigenvalue weighted by atomic mass is 32.1. The molecular formula is C20H19N3O6S. The molecule has 0 unspecified atom stereocenters. The van der Waals surface area contributed by atoms with Crippen molar-refractivity contribution in [3.05, 3.63) is 51.4 Å². The second kappa shape index (κ2) is 8.46. The van der Waals surface area contributed by atoms with E-state index in [2.05, 4.69) is 10.6 Å². The van der Waals surface area contributed by atoms with E-state index in [1.54, 1.807) is 32.9 Å². The maximum atomic E-state index is 12.6. The Balaban J connectivity index is 1.76. The molecule has 0 bridgehead atoms. The molecule has 0 saturated heterocycles. The third-order valence-corrected chi connectivity index (χ3v) is 5.66. The van der Waals surface area contributed by atoms with Crippen molar-refractivity contribution in [2.75, 3.05) is 18.5 Å². The maximum Gasteiger partial charge on any atom is 0.414 e. The van der Waals surface area contributed by atoms with Crippen molar-refractivity contribution in [1.82, 2.24) is 10.2 Å². The number of hydrogen-bond acceptors (Lipinski definition) is 7. The van der Waals surface area contributed by atoms with Gasteiger partial charge in [0, 0.05) is 4.88 Å². The highest BCUT2D eigenvalue weighted by molar-refractivity contribution is 7.16. The number of fused-ring (bicyclic) bond motifs is 1. The number of aryl methyl sites for hydroxylation is 1. The zero-order chi connectivity index (χ0) is 22.0. The molecule has 0 spiro atoms. The van der Waals surface area contributed by atoms with Crippen LogP contribution < -0.4 is 10.6 Å². The summed E-state index contributed by atoms with van der Waals surface area (Å²) in [6.07, 6.45) is -0.894. The average Bonchev–Trinajstić information content (AvgIpc) is 3.10. The molecule has 10 heteroatoms. The molecule has 0 saturated carbocycles. The Hall–Kier alpha value is -3.53. The first kappa shape index (κ1) is 21.2. The fraction of sp³-hybridized carbons (Fsp3) is 0.250. The van der Waals surface area contributed by atoms with Crippen molar-refractivity contribution in [3.8, 4) is 0 Å². The van der Waals surface area contributed by atoms with Crippen LogP contribution in [-0.2, 0) is 9.53 Å². The highest BCUT2D eigenvalue weighted by Gasteiger charge is 2.36. The molecule has 5 amide bonds. The number of nitrogens with zero attached hydrogens (tertiary/aromatic N) is 1. The number of amides is 5. The lowest BCUT2D eigenvalue weighted by atomic mass is 10.1. The zero-order valence-electron chi connectivity index (χ0n) is 16.5. The summed E-state index contributed by atoms with van der Waals surface area (Å²) in [6, 6.07) is 6.33.